The van der Waals surface area contributed by atoms with Crippen LogP contribution in [0.5, 0.6) is 0 Å². The minimum atomic E-state index is 0.519. The molecule has 0 bridgehead atoms. The molecule has 19 rings (SSSR count). The highest BCUT2D eigenvalue weighted by atomic mass is 16.3. The van der Waals surface area contributed by atoms with E-state index in [9.17, 15) is 0 Å². The number of benzene rings is 12. The monoisotopic (exact) mass is 1140 g/mol. The Morgan fingerprint density at radius 3 is 1.28 bits per heavy atom. The topological polar surface area (TPSA) is 101 Å². The fourth-order valence-electron chi connectivity index (χ4n) is 13.6. The lowest BCUT2D eigenvalue weighted by Gasteiger charge is -2.09. The summed E-state index contributed by atoms with van der Waals surface area (Å²) in [6, 6.07) is 97.4. The zero-order valence-corrected chi connectivity index (χ0v) is 47.5. The molecule has 0 aliphatic rings. The predicted molar refractivity (Wildman–Crippen MR) is 361 cm³/mol. The van der Waals surface area contributed by atoms with Crippen LogP contribution in [0.3, 0.4) is 0 Å². The van der Waals surface area contributed by atoms with Gasteiger partial charge in [-0.1, -0.05) is 182 Å². The van der Waals surface area contributed by atoms with E-state index in [1.54, 1.807) is 0 Å². The largest absolute Gasteiger partial charge is 0.456 e. The van der Waals surface area contributed by atoms with E-state index < -0.39 is 0 Å². The van der Waals surface area contributed by atoms with Gasteiger partial charge in [-0.15, -0.1) is 0 Å². The first kappa shape index (κ1) is 49.1. The van der Waals surface area contributed by atoms with Gasteiger partial charge in [0.15, 0.2) is 11.6 Å². The molecule has 89 heavy (non-hydrogen) atoms. The summed E-state index contributed by atoms with van der Waals surface area (Å²) in [5, 5.41) is 10.1. The fourth-order valence-corrected chi connectivity index (χ4v) is 13.6. The van der Waals surface area contributed by atoms with Crippen LogP contribution < -0.4 is 0 Å². The van der Waals surface area contributed by atoms with Crippen molar-refractivity contribution in [3.05, 3.63) is 279 Å². The lowest BCUT2D eigenvalue weighted by Crippen LogP contribution is -1.94. The molecule has 0 unspecified atom stereocenters. The van der Waals surface area contributed by atoms with Crippen LogP contribution in [0.15, 0.2) is 292 Å². The zero-order valence-electron chi connectivity index (χ0n) is 47.5. The minimum Gasteiger partial charge on any atom is -0.456 e. The molecule has 19 aromatic rings. The number of para-hydroxylation sites is 3. The molecule has 0 radical (unpaired) electrons. The van der Waals surface area contributed by atoms with Gasteiger partial charge in [0, 0.05) is 76.7 Å². The van der Waals surface area contributed by atoms with E-state index in [4.69, 9.17) is 33.2 Å². The van der Waals surface area contributed by atoms with Crippen LogP contribution in [0.25, 0.3) is 189 Å². The van der Waals surface area contributed by atoms with E-state index in [1.165, 1.54) is 5.56 Å². The van der Waals surface area contributed by atoms with E-state index in [0.717, 1.165) is 160 Å². The Kier molecular flexibility index (Phi) is 10.6. The van der Waals surface area contributed by atoms with Gasteiger partial charge in [-0.3, -0.25) is 0 Å². The maximum Gasteiger partial charge on any atom is 0.231 e. The van der Waals surface area contributed by atoms with Crippen LogP contribution in [0.2, 0.25) is 0 Å². The van der Waals surface area contributed by atoms with Crippen LogP contribution in [0, 0.1) is 0 Å². The molecule has 7 aromatic heterocycles. The molecule has 0 N–H and O–H groups in total. The first-order chi connectivity index (χ1) is 44.1. The van der Waals surface area contributed by atoms with Gasteiger partial charge >= 0.3 is 0 Å². The Morgan fingerprint density at radius 2 is 0.652 bits per heavy atom. The van der Waals surface area contributed by atoms with Crippen LogP contribution in [-0.4, -0.2) is 29.1 Å². The normalized spacial score (nSPS) is 12.0. The third kappa shape index (κ3) is 7.68. The molecule has 9 nitrogen and oxygen atoms in total. The van der Waals surface area contributed by atoms with E-state index in [2.05, 4.69) is 252 Å². The molecule has 12 aromatic carbocycles. The SMILES string of the molecule is c1ccc(-c2ccc3c(c2)c2cc4oc5nc(-c6cccc(-c7ccc8c(c7)oc7cc(-c9nc(-c%10ccccc%10)nc%10oc%11cc%12c%13ccccc%13n(-c%13ccccc%13)c%12cc%11c9%10)ccc78)c6)nc(-c6ccccc6)c5c4cc2n3-c2ccccc2)cc1. The Hall–Kier alpha value is -12.2. The number of fused-ring (bicyclic) bond motifs is 15. The molecule has 0 amide bonds. The third-order valence-electron chi connectivity index (χ3n) is 17.8. The second-order valence-electron chi connectivity index (χ2n) is 22.9. The third-order valence-corrected chi connectivity index (χ3v) is 17.8. The average Bonchev–Trinajstić information content (AvgIpc) is 1.62. The quantitative estimate of drug-likeness (QED) is 0.149. The maximum atomic E-state index is 6.91. The molecule has 0 saturated carbocycles. The van der Waals surface area contributed by atoms with E-state index in [0.29, 0.717) is 23.1 Å². The Bertz CT molecular complexity index is 6080. The fraction of sp³-hybridized carbons (Fsp3) is 0. The molecular weight excluding hydrogens is 1090 g/mol. The molecule has 0 atom stereocenters. The summed E-state index contributed by atoms with van der Waals surface area (Å²) in [5.74, 6) is 1.14. The van der Waals surface area contributed by atoms with Crippen molar-refractivity contribution in [3.8, 4) is 78.9 Å². The maximum absolute atomic E-state index is 6.91. The molecule has 0 spiro atoms. The summed E-state index contributed by atoms with van der Waals surface area (Å²) in [7, 11) is 0. The van der Waals surface area contributed by atoms with Crippen LogP contribution >= 0.6 is 0 Å². The molecular formula is C80H46N6O3. The van der Waals surface area contributed by atoms with Gasteiger partial charge in [0.2, 0.25) is 11.4 Å². The first-order valence-electron chi connectivity index (χ1n) is 29.8. The molecule has 0 aliphatic carbocycles. The summed E-state index contributed by atoms with van der Waals surface area (Å²) >= 11 is 0. The van der Waals surface area contributed by atoms with Crippen molar-refractivity contribution < 1.29 is 13.3 Å². The zero-order chi connectivity index (χ0) is 58.3. The molecule has 9 heteroatoms. The number of furan rings is 3. The highest BCUT2D eigenvalue weighted by Gasteiger charge is 2.25. The van der Waals surface area contributed by atoms with Gasteiger partial charge in [0.05, 0.1) is 44.2 Å². The summed E-state index contributed by atoms with van der Waals surface area (Å²) in [4.78, 5) is 21.2. The van der Waals surface area contributed by atoms with Crippen molar-refractivity contribution in [1.82, 2.24) is 29.1 Å². The average molecular weight is 1140 g/mol. The number of nitrogens with zero attached hydrogens (tertiary/aromatic N) is 6. The van der Waals surface area contributed by atoms with Crippen LogP contribution in [0.1, 0.15) is 0 Å². The number of aromatic nitrogens is 6. The highest BCUT2D eigenvalue weighted by molar-refractivity contribution is 6.21. The number of hydrogen-bond donors (Lipinski definition) is 0. The van der Waals surface area contributed by atoms with Crippen LogP contribution in [0.4, 0.5) is 0 Å². The van der Waals surface area contributed by atoms with Crippen molar-refractivity contribution >= 4 is 110 Å². The molecule has 414 valence electrons. The summed E-state index contributed by atoms with van der Waals surface area (Å²) in [5.41, 5.74) is 20.1. The number of hydrogen-bond acceptors (Lipinski definition) is 7. The van der Waals surface area contributed by atoms with E-state index in [1.807, 2.05) is 36.4 Å². The molecule has 0 saturated heterocycles. The lowest BCUT2D eigenvalue weighted by atomic mass is 10.00. The minimum absolute atomic E-state index is 0.519. The van der Waals surface area contributed by atoms with Crippen molar-refractivity contribution in [3.63, 3.8) is 0 Å². The van der Waals surface area contributed by atoms with Crippen molar-refractivity contribution in [1.29, 1.82) is 0 Å². The van der Waals surface area contributed by atoms with Crippen molar-refractivity contribution in [2.75, 3.05) is 0 Å². The number of rotatable bonds is 8. The second-order valence-corrected chi connectivity index (χ2v) is 22.9. The Labute approximate surface area is 507 Å². The molecule has 0 aliphatic heterocycles. The Balaban J connectivity index is 0.731. The predicted octanol–water partition coefficient (Wildman–Crippen LogP) is 21.2. The Morgan fingerprint density at radius 1 is 0.225 bits per heavy atom. The van der Waals surface area contributed by atoms with Gasteiger partial charge in [-0.05, 0) is 119 Å². The summed E-state index contributed by atoms with van der Waals surface area (Å²) in [6.45, 7) is 0. The highest BCUT2D eigenvalue weighted by Crippen LogP contribution is 2.46. The van der Waals surface area contributed by atoms with Gasteiger partial charge in [-0.2, -0.15) is 9.97 Å². The first-order valence-corrected chi connectivity index (χ1v) is 29.8. The van der Waals surface area contributed by atoms with Crippen molar-refractivity contribution in [2.45, 2.75) is 0 Å². The smallest absolute Gasteiger partial charge is 0.231 e. The molecule has 0 fully saturated rings. The van der Waals surface area contributed by atoms with Gasteiger partial charge in [0.25, 0.3) is 0 Å². The molecule has 7 heterocycles. The summed E-state index contributed by atoms with van der Waals surface area (Å²) in [6.07, 6.45) is 0. The lowest BCUT2D eigenvalue weighted by molar-refractivity contribution is 0.653. The standard InChI is InChI=1S/C80H46N6O3/c1-6-19-47(20-7-1)51-35-38-66-60(40-51)62-46-72-63(44-68(62)86(66)56-29-14-5-15-30-56)73-75(48-21-8-2-9-22-48)81-78(84-79(73)89-72)54-26-18-25-50(39-54)52-33-36-58-59-37-34-53(42-70(59)87-69(58)41-52)76-74-64-43-67-61(57-31-16-17-32-65(57)85(67)55-27-12-4-13-28-55)45-71(64)88-80(74)83-77(82-76)49-23-10-3-11-24-49/h1-46H. The van der Waals surface area contributed by atoms with Gasteiger partial charge in [0.1, 0.15) is 22.3 Å². The second kappa shape index (κ2) is 19.2. The summed E-state index contributed by atoms with van der Waals surface area (Å²) < 4.78 is 25.3. The van der Waals surface area contributed by atoms with E-state index >= 15 is 0 Å². The van der Waals surface area contributed by atoms with E-state index in [-0.39, 0.29) is 0 Å². The van der Waals surface area contributed by atoms with Gasteiger partial charge in [-0.25, -0.2) is 9.97 Å². The van der Waals surface area contributed by atoms with Gasteiger partial charge < -0.3 is 22.4 Å². The van der Waals surface area contributed by atoms with Crippen molar-refractivity contribution in [2.24, 2.45) is 0 Å². The van der Waals surface area contributed by atoms with Crippen LogP contribution in [-0.2, 0) is 0 Å².